The largest absolute Gasteiger partial charge is 0.497 e. The van der Waals surface area contributed by atoms with Crippen LogP contribution >= 0.6 is 11.6 Å². The number of carbonyl (C=O) groups is 1. The van der Waals surface area contributed by atoms with Crippen molar-refractivity contribution in [2.75, 3.05) is 13.7 Å². The molecule has 0 bridgehead atoms. The third-order valence-electron chi connectivity index (χ3n) is 3.89. The molecule has 2 heterocycles. The van der Waals surface area contributed by atoms with Gasteiger partial charge in [-0.3, -0.25) is 4.79 Å². The van der Waals surface area contributed by atoms with Gasteiger partial charge in [0.25, 0.3) is 5.91 Å². The van der Waals surface area contributed by atoms with Gasteiger partial charge in [0.2, 0.25) is 0 Å². The molecule has 21 heavy (non-hydrogen) atoms. The quantitative estimate of drug-likeness (QED) is 0.940. The van der Waals surface area contributed by atoms with Crippen molar-refractivity contribution in [1.82, 2.24) is 9.88 Å². The summed E-state index contributed by atoms with van der Waals surface area (Å²) in [6.45, 7) is 0.770. The zero-order valence-corrected chi connectivity index (χ0v) is 12.6. The van der Waals surface area contributed by atoms with E-state index in [2.05, 4.69) is 4.98 Å². The topological polar surface area (TPSA) is 45.3 Å². The van der Waals surface area contributed by atoms with E-state index in [1.54, 1.807) is 19.4 Å². The summed E-state index contributed by atoms with van der Waals surface area (Å²) in [6.07, 6.45) is 3.62. The Labute approximate surface area is 128 Å². The van der Waals surface area contributed by atoms with Gasteiger partial charge in [0, 0.05) is 12.7 Å². The molecule has 1 atom stereocenters. The van der Waals surface area contributed by atoms with E-state index in [1.165, 1.54) is 0 Å². The lowest BCUT2D eigenvalue weighted by molar-refractivity contribution is 0.0730. The molecule has 1 aromatic heterocycles. The summed E-state index contributed by atoms with van der Waals surface area (Å²) in [4.78, 5) is 17.4. The predicted octanol–water partition coefficient (Wildman–Crippen LogP) is 3.65. The number of H-pyrrole nitrogens is 1. The maximum atomic E-state index is 12.6. The fourth-order valence-corrected chi connectivity index (χ4v) is 2.99. The number of nitrogens with zero attached hydrogens (tertiary/aromatic N) is 1. The predicted molar refractivity (Wildman–Crippen MR) is 81.8 cm³/mol. The Bertz CT molecular complexity index is 636. The molecule has 1 N–H and O–H groups in total. The van der Waals surface area contributed by atoms with Crippen LogP contribution in [0, 0.1) is 0 Å². The molecule has 1 saturated heterocycles. The summed E-state index contributed by atoms with van der Waals surface area (Å²) in [7, 11) is 1.65. The minimum absolute atomic E-state index is 0.000202. The molecule has 2 aromatic rings. The van der Waals surface area contributed by atoms with Crippen LogP contribution in [0.5, 0.6) is 5.75 Å². The first-order chi connectivity index (χ1) is 10.2. The Balaban J connectivity index is 1.83. The Morgan fingerprint density at radius 2 is 2.14 bits per heavy atom. The van der Waals surface area contributed by atoms with E-state index >= 15 is 0 Å². The van der Waals surface area contributed by atoms with E-state index in [4.69, 9.17) is 16.3 Å². The first-order valence-corrected chi connectivity index (χ1v) is 7.35. The lowest BCUT2D eigenvalue weighted by Gasteiger charge is -2.24. The number of aromatic amines is 1. The highest BCUT2D eigenvalue weighted by Gasteiger charge is 2.31. The Morgan fingerprint density at radius 3 is 2.76 bits per heavy atom. The number of halogens is 1. The molecule has 1 aliphatic heterocycles. The number of carbonyl (C=O) groups excluding carboxylic acids is 1. The van der Waals surface area contributed by atoms with Crippen LogP contribution in [0.3, 0.4) is 0 Å². The highest BCUT2D eigenvalue weighted by atomic mass is 35.5. The summed E-state index contributed by atoms with van der Waals surface area (Å²) in [5, 5.41) is 0.554. The van der Waals surface area contributed by atoms with Gasteiger partial charge in [0.05, 0.1) is 18.2 Å². The number of rotatable bonds is 3. The van der Waals surface area contributed by atoms with Gasteiger partial charge in [-0.05, 0) is 36.6 Å². The SMILES string of the molecule is COc1ccc([C@H]2CCCN2C(=O)c2cc(Cl)c[nH]2)cc1. The first kappa shape index (κ1) is 14.0. The molecule has 1 aliphatic rings. The van der Waals surface area contributed by atoms with Crippen molar-refractivity contribution in [3.8, 4) is 5.75 Å². The zero-order chi connectivity index (χ0) is 14.8. The van der Waals surface area contributed by atoms with Crippen LogP contribution in [0.25, 0.3) is 0 Å². The number of benzene rings is 1. The minimum atomic E-state index is 0.000202. The number of amides is 1. The monoisotopic (exact) mass is 304 g/mol. The second-order valence-corrected chi connectivity index (χ2v) is 5.60. The van der Waals surface area contributed by atoms with Gasteiger partial charge in [-0.1, -0.05) is 23.7 Å². The summed E-state index contributed by atoms with van der Waals surface area (Å²) in [5.74, 6) is 0.825. The minimum Gasteiger partial charge on any atom is -0.497 e. The van der Waals surface area contributed by atoms with E-state index < -0.39 is 0 Å². The molecule has 0 saturated carbocycles. The van der Waals surface area contributed by atoms with Crippen LogP contribution in [-0.2, 0) is 0 Å². The molecule has 0 spiro atoms. The highest BCUT2D eigenvalue weighted by molar-refractivity contribution is 6.30. The fraction of sp³-hybridized carbons (Fsp3) is 0.312. The maximum Gasteiger partial charge on any atom is 0.270 e. The van der Waals surface area contributed by atoms with Gasteiger partial charge < -0.3 is 14.6 Å². The van der Waals surface area contributed by atoms with Gasteiger partial charge >= 0.3 is 0 Å². The lowest BCUT2D eigenvalue weighted by atomic mass is 10.0. The molecule has 110 valence electrons. The van der Waals surface area contributed by atoms with Gasteiger partial charge in [0.15, 0.2) is 0 Å². The molecule has 3 rings (SSSR count). The smallest absolute Gasteiger partial charge is 0.270 e. The molecule has 0 radical (unpaired) electrons. The second kappa shape index (κ2) is 5.82. The number of likely N-dealkylation sites (tertiary alicyclic amines) is 1. The molecule has 1 amide bonds. The average molecular weight is 305 g/mol. The Morgan fingerprint density at radius 1 is 1.38 bits per heavy atom. The van der Waals surface area contributed by atoms with Crippen molar-refractivity contribution in [1.29, 1.82) is 0 Å². The Hall–Kier alpha value is -1.94. The second-order valence-electron chi connectivity index (χ2n) is 5.16. The molecule has 0 unspecified atom stereocenters. The number of hydrogen-bond acceptors (Lipinski definition) is 2. The lowest BCUT2D eigenvalue weighted by Crippen LogP contribution is -2.30. The first-order valence-electron chi connectivity index (χ1n) is 6.98. The summed E-state index contributed by atoms with van der Waals surface area (Å²) in [5.41, 5.74) is 1.68. The van der Waals surface area contributed by atoms with Gasteiger partial charge in [-0.15, -0.1) is 0 Å². The fourth-order valence-electron chi connectivity index (χ4n) is 2.83. The van der Waals surface area contributed by atoms with E-state index in [0.29, 0.717) is 10.7 Å². The number of methoxy groups -OCH3 is 1. The van der Waals surface area contributed by atoms with Crippen molar-refractivity contribution < 1.29 is 9.53 Å². The van der Waals surface area contributed by atoms with Crippen LogP contribution in [0.4, 0.5) is 0 Å². The molecule has 0 aliphatic carbocycles. The van der Waals surface area contributed by atoms with Crippen LogP contribution in [-0.4, -0.2) is 29.4 Å². The number of aromatic nitrogens is 1. The van der Waals surface area contributed by atoms with Crippen LogP contribution < -0.4 is 4.74 Å². The molecule has 4 nitrogen and oxygen atoms in total. The summed E-state index contributed by atoms with van der Waals surface area (Å²) >= 11 is 5.88. The Kier molecular flexibility index (Phi) is 3.88. The van der Waals surface area contributed by atoms with Gasteiger partial charge in [-0.25, -0.2) is 0 Å². The molecule has 1 aromatic carbocycles. The van der Waals surface area contributed by atoms with Crippen molar-refractivity contribution in [2.24, 2.45) is 0 Å². The maximum absolute atomic E-state index is 12.6. The third kappa shape index (κ3) is 2.76. The van der Waals surface area contributed by atoms with Crippen LogP contribution in [0.1, 0.15) is 34.9 Å². The van der Waals surface area contributed by atoms with Crippen molar-refractivity contribution in [3.05, 3.63) is 52.8 Å². The van der Waals surface area contributed by atoms with Crippen molar-refractivity contribution >= 4 is 17.5 Å². The number of ether oxygens (including phenoxy) is 1. The summed E-state index contributed by atoms with van der Waals surface area (Å²) in [6, 6.07) is 9.70. The normalized spacial score (nSPS) is 18.0. The zero-order valence-electron chi connectivity index (χ0n) is 11.8. The van der Waals surface area contributed by atoms with E-state index in [1.807, 2.05) is 29.2 Å². The van der Waals surface area contributed by atoms with Crippen LogP contribution in [0.2, 0.25) is 5.02 Å². The molecule has 5 heteroatoms. The van der Waals surface area contributed by atoms with Gasteiger partial charge in [0.1, 0.15) is 11.4 Å². The van der Waals surface area contributed by atoms with E-state index in [0.717, 1.165) is 30.7 Å². The van der Waals surface area contributed by atoms with Gasteiger partial charge in [-0.2, -0.15) is 0 Å². The highest BCUT2D eigenvalue weighted by Crippen LogP contribution is 2.33. The third-order valence-corrected chi connectivity index (χ3v) is 4.11. The molecular formula is C16H17ClN2O2. The van der Waals surface area contributed by atoms with E-state index in [-0.39, 0.29) is 11.9 Å². The standard InChI is InChI=1S/C16H17ClN2O2/c1-21-13-6-4-11(5-7-13)15-3-2-8-19(15)16(20)14-9-12(17)10-18-14/h4-7,9-10,15,18H,2-3,8H2,1H3/t15-/m1/s1. The van der Waals surface area contributed by atoms with Crippen molar-refractivity contribution in [2.45, 2.75) is 18.9 Å². The summed E-state index contributed by atoms with van der Waals surface area (Å²) < 4.78 is 5.18. The van der Waals surface area contributed by atoms with Crippen molar-refractivity contribution in [3.63, 3.8) is 0 Å². The number of hydrogen-bond donors (Lipinski definition) is 1. The number of nitrogens with one attached hydrogen (secondary N) is 1. The molecule has 1 fully saturated rings. The van der Waals surface area contributed by atoms with Crippen LogP contribution in [0.15, 0.2) is 36.5 Å². The van der Waals surface area contributed by atoms with E-state index in [9.17, 15) is 4.79 Å². The average Bonchev–Trinajstić information content (AvgIpc) is 3.15. The molecular weight excluding hydrogens is 288 g/mol.